The van der Waals surface area contributed by atoms with Crippen molar-refractivity contribution in [1.29, 1.82) is 0 Å². The molecule has 0 aliphatic rings. The zero-order chi connectivity index (χ0) is 23.0. The molecule has 2 N–H and O–H groups in total. The van der Waals surface area contributed by atoms with E-state index in [2.05, 4.69) is 0 Å². The number of esters is 2. The van der Waals surface area contributed by atoms with E-state index in [4.69, 9.17) is 14.6 Å². The fourth-order valence-electron chi connectivity index (χ4n) is 3.70. The normalized spacial score (nSPS) is 15.5. The number of carbonyl (C=O) groups excluding carboxylic acids is 2. The van der Waals surface area contributed by atoms with Gasteiger partial charge in [-0.3, -0.25) is 14.4 Å². The summed E-state index contributed by atoms with van der Waals surface area (Å²) in [5, 5.41) is 18.8. The van der Waals surface area contributed by atoms with Crippen molar-refractivity contribution in [2.75, 3.05) is 13.2 Å². The van der Waals surface area contributed by atoms with Crippen LogP contribution in [0.25, 0.3) is 0 Å². The fraction of sp³-hybridized carbons (Fsp3) is 0.609. The lowest BCUT2D eigenvalue weighted by Gasteiger charge is -2.38. The Hall–Kier alpha value is -2.41. The Morgan fingerprint density at radius 2 is 1.50 bits per heavy atom. The Morgan fingerprint density at radius 3 is 2.00 bits per heavy atom. The van der Waals surface area contributed by atoms with Crippen LogP contribution in [0.15, 0.2) is 30.3 Å². The van der Waals surface area contributed by atoms with Crippen molar-refractivity contribution >= 4 is 17.9 Å². The van der Waals surface area contributed by atoms with Gasteiger partial charge in [0.1, 0.15) is 13.2 Å². The van der Waals surface area contributed by atoms with Crippen molar-refractivity contribution in [1.82, 2.24) is 0 Å². The number of hydrogen-bond donors (Lipinski definition) is 2. The smallest absolute Gasteiger partial charge is 0.312 e. The van der Waals surface area contributed by atoms with Crippen LogP contribution in [0, 0.1) is 16.2 Å². The maximum Gasteiger partial charge on any atom is 0.312 e. The van der Waals surface area contributed by atoms with Crippen LogP contribution in [0.4, 0.5) is 0 Å². The van der Waals surface area contributed by atoms with E-state index >= 15 is 0 Å². The highest BCUT2D eigenvalue weighted by Crippen LogP contribution is 2.45. The van der Waals surface area contributed by atoms with Gasteiger partial charge in [0.2, 0.25) is 0 Å². The van der Waals surface area contributed by atoms with Gasteiger partial charge < -0.3 is 19.7 Å². The second-order valence-electron chi connectivity index (χ2n) is 8.94. The summed E-state index contributed by atoms with van der Waals surface area (Å²) in [7, 11) is 0. The molecule has 1 rings (SSSR count). The molecule has 0 saturated carbocycles. The molecule has 7 heteroatoms. The summed E-state index contributed by atoms with van der Waals surface area (Å²) < 4.78 is 10.5. The number of rotatable bonds is 12. The van der Waals surface area contributed by atoms with E-state index < -0.39 is 34.2 Å². The summed E-state index contributed by atoms with van der Waals surface area (Å²) in [5.41, 5.74) is -2.66. The van der Waals surface area contributed by atoms with Gasteiger partial charge in [-0.15, -0.1) is 0 Å². The molecular weight excluding hydrogens is 388 g/mol. The molecule has 0 aliphatic carbocycles. The first-order valence-corrected chi connectivity index (χ1v) is 10.1. The van der Waals surface area contributed by atoms with Crippen LogP contribution in [0.5, 0.6) is 0 Å². The minimum Gasteiger partial charge on any atom is -0.481 e. The highest BCUT2D eigenvalue weighted by Gasteiger charge is 2.49. The number of aliphatic hydroxyl groups excluding tert-OH is 1. The van der Waals surface area contributed by atoms with Gasteiger partial charge >= 0.3 is 17.9 Å². The van der Waals surface area contributed by atoms with Gasteiger partial charge in [-0.05, 0) is 52.5 Å². The molecule has 2 atom stereocenters. The van der Waals surface area contributed by atoms with Gasteiger partial charge in [0.25, 0.3) is 0 Å². The Bertz CT molecular complexity index is 728. The third-order valence-corrected chi connectivity index (χ3v) is 5.49. The third kappa shape index (κ3) is 6.83. The molecule has 0 heterocycles. The van der Waals surface area contributed by atoms with Crippen molar-refractivity contribution < 1.29 is 34.1 Å². The summed E-state index contributed by atoms with van der Waals surface area (Å²) in [5.74, 6) is -2.16. The molecular formula is C23H34O7. The van der Waals surface area contributed by atoms with Crippen LogP contribution in [0.3, 0.4) is 0 Å². The average Bonchev–Trinajstić information content (AvgIpc) is 2.70. The standard InChI is InChI=1S/C23H34O7/c1-6-22(4,20(28)30-14-17-10-8-7-9-11-17)16-23(5,18(25)26)15-21(2,3)19(27)29-13-12-24/h7-11,24H,6,12-16H2,1-5H3,(H,25,26). The van der Waals surface area contributed by atoms with Gasteiger partial charge in [-0.1, -0.05) is 37.3 Å². The first-order chi connectivity index (χ1) is 13.9. The van der Waals surface area contributed by atoms with E-state index in [1.807, 2.05) is 37.3 Å². The lowest BCUT2D eigenvalue weighted by Crippen LogP contribution is -2.43. The van der Waals surface area contributed by atoms with E-state index in [1.54, 1.807) is 20.8 Å². The first-order valence-electron chi connectivity index (χ1n) is 10.1. The molecule has 0 radical (unpaired) electrons. The quantitative estimate of drug-likeness (QED) is 0.495. The number of aliphatic hydroxyl groups is 1. The highest BCUT2D eigenvalue weighted by atomic mass is 16.5. The predicted molar refractivity (Wildman–Crippen MR) is 111 cm³/mol. The number of aliphatic carboxylic acids is 1. The Kier molecular flexibility index (Phi) is 9.03. The number of carbonyl (C=O) groups is 3. The minimum absolute atomic E-state index is 0.0101. The molecule has 0 aromatic heterocycles. The molecule has 7 nitrogen and oxygen atoms in total. The van der Waals surface area contributed by atoms with Crippen LogP contribution in [0.2, 0.25) is 0 Å². The Balaban J connectivity index is 2.99. The molecule has 1 aromatic carbocycles. The topological polar surface area (TPSA) is 110 Å². The van der Waals surface area contributed by atoms with Crippen LogP contribution in [-0.4, -0.2) is 41.3 Å². The average molecular weight is 423 g/mol. The number of hydrogen-bond acceptors (Lipinski definition) is 6. The Labute approximate surface area is 178 Å². The maximum absolute atomic E-state index is 12.9. The van der Waals surface area contributed by atoms with Crippen LogP contribution < -0.4 is 0 Å². The maximum atomic E-state index is 12.9. The zero-order valence-electron chi connectivity index (χ0n) is 18.6. The SMILES string of the molecule is CCC(C)(CC(C)(CC(C)(C)C(=O)OCCO)C(=O)O)C(=O)OCc1ccccc1. The van der Waals surface area contributed by atoms with Gasteiger partial charge in [0, 0.05) is 0 Å². The van der Waals surface area contributed by atoms with E-state index in [9.17, 15) is 19.5 Å². The third-order valence-electron chi connectivity index (χ3n) is 5.49. The molecule has 1 aromatic rings. The van der Waals surface area contributed by atoms with Crippen LogP contribution in [-0.2, 0) is 30.5 Å². The summed E-state index contributed by atoms with van der Waals surface area (Å²) in [6, 6.07) is 9.26. The Morgan fingerprint density at radius 1 is 0.900 bits per heavy atom. The summed E-state index contributed by atoms with van der Waals surface area (Å²) >= 11 is 0. The molecule has 30 heavy (non-hydrogen) atoms. The molecule has 0 amide bonds. The molecule has 2 unspecified atom stereocenters. The van der Waals surface area contributed by atoms with Gasteiger partial charge in [-0.2, -0.15) is 0 Å². The monoisotopic (exact) mass is 422 g/mol. The number of carboxylic acid groups (broad SMARTS) is 1. The summed E-state index contributed by atoms with van der Waals surface area (Å²) in [6.45, 7) is 7.90. The van der Waals surface area contributed by atoms with E-state index in [0.29, 0.717) is 6.42 Å². The second-order valence-corrected chi connectivity index (χ2v) is 8.94. The lowest BCUT2D eigenvalue weighted by atomic mass is 9.65. The van der Waals surface area contributed by atoms with Crippen molar-refractivity contribution in [2.45, 2.75) is 60.5 Å². The molecule has 0 saturated heterocycles. The minimum atomic E-state index is -1.36. The van der Waals surface area contributed by atoms with Crippen molar-refractivity contribution in [3.05, 3.63) is 35.9 Å². The fourth-order valence-corrected chi connectivity index (χ4v) is 3.70. The highest BCUT2D eigenvalue weighted by molar-refractivity contribution is 5.81. The largest absolute Gasteiger partial charge is 0.481 e. The van der Waals surface area contributed by atoms with Gasteiger partial charge in [-0.25, -0.2) is 0 Å². The molecule has 168 valence electrons. The van der Waals surface area contributed by atoms with Crippen molar-refractivity contribution in [3.8, 4) is 0 Å². The predicted octanol–water partition coefficient (Wildman–Crippen LogP) is 3.58. The lowest BCUT2D eigenvalue weighted by molar-refractivity contribution is -0.166. The van der Waals surface area contributed by atoms with Gasteiger partial charge in [0.05, 0.1) is 22.9 Å². The number of carboxylic acids is 1. The molecule has 0 fully saturated rings. The molecule has 0 spiro atoms. The van der Waals surface area contributed by atoms with Crippen LogP contribution >= 0.6 is 0 Å². The van der Waals surface area contributed by atoms with Gasteiger partial charge in [0.15, 0.2) is 0 Å². The summed E-state index contributed by atoms with van der Waals surface area (Å²) in [4.78, 5) is 37.4. The molecule has 0 bridgehead atoms. The first kappa shape index (κ1) is 25.6. The van der Waals surface area contributed by atoms with Crippen LogP contribution in [0.1, 0.15) is 59.4 Å². The van der Waals surface area contributed by atoms with Crippen molar-refractivity contribution in [2.24, 2.45) is 16.2 Å². The number of ether oxygens (including phenoxy) is 2. The zero-order valence-corrected chi connectivity index (χ0v) is 18.6. The second kappa shape index (κ2) is 10.6. The van der Waals surface area contributed by atoms with Crippen molar-refractivity contribution in [3.63, 3.8) is 0 Å². The summed E-state index contributed by atoms with van der Waals surface area (Å²) in [6.07, 6.45) is 0.371. The molecule has 0 aliphatic heterocycles. The number of benzene rings is 1. The van der Waals surface area contributed by atoms with E-state index in [0.717, 1.165) is 5.56 Å². The van der Waals surface area contributed by atoms with E-state index in [1.165, 1.54) is 6.92 Å². The van der Waals surface area contributed by atoms with E-state index in [-0.39, 0.29) is 32.7 Å².